The molecule has 0 aliphatic carbocycles. The van der Waals surface area contributed by atoms with Gasteiger partial charge >= 0.3 is 0 Å². The highest BCUT2D eigenvalue weighted by Gasteiger charge is 2.40. The lowest BCUT2D eigenvalue weighted by Gasteiger charge is -2.49. The summed E-state index contributed by atoms with van der Waals surface area (Å²) < 4.78 is 0. The maximum atomic E-state index is 6.04. The van der Waals surface area contributed by atoms with E-state index in [1.54, 1.807) is 0 Å². The third-order valence-corrected chi connectivity index (χ3v) is 4.78. The van der Waals surface area contributed by atoms with E-state index >= 15 is 0 Å². The molecule has 2 rings (SSSR count). The SMILES string of the molecule is CN(C)CCCN(c1nc(Cl)nc(Cl)n1)C1CC(C)(C)NC(C)(C)C1. The minimum Gasteiger partial charge on any atom is -0.337 e. The Bertz CT molecular complexity index is 554. The van der Waals surface area contributed by atoms with Crippen molar-refractivity contribution >= 4 is 29.2 Å². The van der Waals surface area contributed by atoms with Crippen molar-refractivity contribution in [2.24, 2.45) is 0 Å². The molecule has 1 aliphatic heterocycles. The Balaban J connectivity index is 2.29. The van der Waals surface area contributed by atoms with Crippen LogP contribution in [0.1, 0.15) is 47.0 Å². The van der Waals surface area contributed by atoms with Crippen LogP contribution in [-0.4, -0.2) is 64.2 Å². The summed E-state index contributed by atoms with van der Waals surface area (Å²) in [6, 6.07) is 0.308. The Hall–Kier alpha value is -0.690. The molecule has 0 aromatic carbocycles. The fourth-order valence-electron chi connectivity index (χ4n) is 3.94. The number of nitrogens with zero attached hydrogens (tertiary/aromatic N) is 5. The Labute approximate surface area is 161 Å². The van der Waals surface area contributed by atoms with Crippen molar-refractivity contribution in [2.75, 3.05) is 32.1 Å². The van der Waals surface area contributed by atoms with Crippen LogP contribution in [0.15, 0.2) is 0 Å². The maximum Gasteiger partial charge on any atom is 0.231 e. The molecule has 8 heteroatoms. The molecule has 2 heterocycles. The van der Waals surface area contributed by atoms with Crippen LogP contribution in [0.2, 0.25) is 10.6 Å². The zero-order chi connectivity index (χ0) is 18.8. The number of hydrogen-bond donors (Lipinski definition) is 1. The van der Waals surface area contributed by atoms with E-state index < -0.39 is 0 Å². The van der Waals surface area contributed by atoms with Crippen molar-refractivity contribution in [2.45, 2.75) is 64.1 Å². The van der Waals surface area contributed by atoms with E-state index in [-0.39, 0.29) is 21.6 Å². The van der Waals surface area contributed by atoms with Gasteiger partial charge in [0.25, 0.3) is 0 Å². The van der Waals surface area contributed by atoms with Crippen LogP contribution in [0.25, 0.3) is 0 Å². The quantitative estimate of drug-likeness (QED) is 0.806. The maximum absolute atomic E-state index is 6.04. The van der Waals surface area contributed by atoms with Crippen LogP contribution in [0.4, 0.5) is 5.95 Å². The van der Waals surface area contributed by atoms with Crippen LogP contribution < -0.4 is 10.2 Å². The van der Waals surface area contributed by atoms with Crippen molar-refractivity contribution < 1.29 is 0 Å². The standard InChI is InChI=1S/C17H30Cl2N6/c1-16(2)10-12(11-17(3,4)23-16)25(9-7-8-24(5)6)15-21-13(18)20-14(19)22-15/h12,23H,7-11H2,1-6H3. The fraction of sp³-hybridized carbons (Fsp3) is 0.824. The lowest BCUT2D eigenvalue weighted by atomic mass is 9.79. The number of hydrogen-bond acceptors (Lipinski definition) is 6. The molecule has 6 nitrogen and oxygen atoms in total. The molecule has 0 unspecified atom stereocenters. The minimum atomic E-state index is 0.0346. The summed E-state index contributed by atoms with van der Waals surface area (Å²) >= 11 is 12.1. The lowest BCUT2D eigenvalue weighted by molar-refractivity contribution is 0.157. The van der Waals surface area contributed by atoms with Gasteiger partial charge in [0.15, 0.2) is 0 Å². The van der Waals surface area contributed by atoms with Gasteiger partial charge in [-0.25, -0.2) is 0 Å². The lowest BCUT2D eigenvalue weighted by Crippen LogP contribution is -2.62. The summed E-state index contributed by atoms with van der Waals surface area (Å²) in [5.74, 6) is 0.572. The summed E-state index contributed by atoms with van der Waals surface area (Å²) in [5, 5.41) is 4.00. The van der Waals surface area contributed by atoms with Gasteiger partial charge in [-0.2, -0.15) is 15.0 Å². The molecule has 25 heavy (non-hydrogen) atoms. The Morgan fingerprint density at radius 2 is 1.48 bits per heavy atom. The Kier molecular flexibility index (Phi) is 6.52. The average molecular weight is 389 g/mol. The van der Waals surface area contributed by atoms with Gasteiger partial charge < -0.3 is 15.1 Å². The molecule has 1 N–H and O–H groups in total. The first kappa shape index (κ1) is 20.6. The molecule has 1 aliphatic rings. The van der Waals surface area contributed by atoms with Crippen molar-refractivity contribution in [3.05, 3.63) is 10.6 Å². The Morgan fingerprint density at radius 1 is 0.960 bits per heavy atom. The van der Waals surface area contributed by atoms with E-state index in [0.717, 1.165) is 32.4 Å². The van der Waals surface area contributed by atoms with Crippen molar-refractivity contribution in [1.82, 2.24) is 25.2 Å². The van der Waals surface area contributed by atoms with E-state index in [0.29, 0.717) is 12.0 Å². The second-order valence-corrected chi connectivity index (χ2v) is 9.15. The number of halogens is 2. The van der Waals surface area contributed by atoms with Crippen LogP contribution in [0.5, 0.6) is 0 Å². The largest absolute Gasteiger partial charge is 0.337 e. The van der Waals surface area contributed by atoms with Crippen molar-refractivity contribution in [3.63, 3.8) is 0 Å². The minimum absolute atomic E-state index is 0.0346. The van der Waals surface area contributed by atoms with Crippen LogP contribution in [0.3, 0.4) is 0 Å². The highest BCUT2D eigenvalue weighted by molar-refractivity contribution is 6.31. The molecule has 1 saturated heterocycles. The zero-order valence-corrected chi connectivity index (χ0v) is 17.6. The van der Waals surface area contributed by atoms with E-state index in [1.165, 1.54) is 0 Å². The molecule has 1 fully saturated rings. The van der Waals surface area contributed by atoms with Crippen LogP contribution in [0, 0.1) is 0 Å². The monoisotopic (exact) mass is 388 g/mol. The highest BCUT2D eigenvalue weighted by atomic mass is 35.5. The number of anilines is 1. The zero-order valence-electron chi connectivity index (χ0n) is 16.1. The average Bonchev–Trinajstić information content (AvgIpc) is 2.38. The van der Waals surface area contributed by atoms with E-state index in [2.05, 4.69) is 71.9 Å². The van der Waals surface area contributed by atoms with Gasteiger partial charge in [-0.1, -0.05) is 0 Å². The third kappa shape index (κ3) is 6.20. The molecule has 142 valence electrons. The van der Waals surface area contributed by atoms with E-state index in [4.69, 9.17) is 23.2 Å². The van der Waals surface area contributed by atoms with Gasteiger partial charge in [-0.3, -0.25) is 0 Å². The van der Waals surface area contributed by atoms with E-state index in [9.17, 15) is 0 Å². The molecule has 1 aromatic rings. The van der Waals surface area contributed by atoms with Crippen molar-refractivity contribution in [1.29, 1.82) is 0 Å². The van der Waals surface area contributed by atoms with E-state index in [1.807, 2.05) is 0 Å². The molecular weight excluding hydrogens is 359 g/mol. The molecule has 0 amide bonds. The van der Waals surface area contributed by atoms with Crippen LogP contribution >= 0.6 is 23.2 Å². The summed E-state index contributed by atoms with van der Waals surface area (Å²) in [6.07, 6.45) is 3.01. The molecule has 0 radical (unpaired) electrons. The van der Waals surface area contributed by atoms with Gasteiger partial charge in [0, 0.05) is 23.7 Å². The molecule has 0 spiro atoms. The number of rotatable bonds is 6. The second-order valence-electron chi connectivity index (χ2n) is 8.48. The fourth-order valence-corrected chi connectivity index (χ4v) is 4.29. The van der Waals surface area contributed by atoms with Gasteiger partial charge in [-0.05, 0) is 90.8 Å². The van der Waals surface area contributed by atoms with Crippen LogP contribution in [-0.2, 0) is 0 Å². The first-order valence-corrected chi connectivity index (χ1v) is 9.51. The summed E-state index contributed by atoms with van der Waals surface area (Å²) in [7, 11) is 4.16. The normalized spacial score (nSPS) is 20.0. The summed E-state index contributed by atoms with van der Waals surface area (Å²) in [6.45, 7) is 10.8. The second kappa shape index (κ2) is 7.91. The topological polar surface area (TPSA) is 57.2 Å². The number of aromatic nitrogens is 3. The molecular formula is C17H30Cl2N6. The van der Waals surface area contributed by atoms with Gasteiger partial charge in [0.2, 0.25) is 16.5 Å². The third-order valence-electron chi connectivity index (χ3n) is 4.44. The number of piperidine rings is 1. The van der Waals surface area contributed by atoms with Gasteiger partial charge in [0.1, 0.15) is 0 Å². The predicted octanol–water partition coefficient (Wildman–Crippen LogP) is 3.25. The predicted molar refractivity (Wildman–Crippen MR) is 105 cm³/mol. The Morgan fingerprint density at radius 3 is 1.96 bits per heavy atom. The molecule has 0 bridgehead atoms. The summed E-state index contributed by atoms with van der Waals surface area (Å²) in [4.78, 5) is 17.0. The molecule has 0 atom stereocenters. The van der Waals surface area contributed by atoms with Gasteiger partial charge in [-0.15, -0.1) is 0 Å². The molecule has 1 aromatic heterocycles. The summed E-state index contributed by atoms with van der Waals surface area (Å²) in [5.41, 5.74) is 0.0691. The molecule has 0 saturated carbocycles. The smallest absolute Gasteiger partial charge is 0.231 e. The number of nitrogens with one attached hydrogen (secondary N) is 1. The first-order valence-electron chi connectivity index (χ1n) is 8.75. The highest BCUT2D eigenvalue weighted by Crippen LogP contribution is 2.33. The van der Waals surface area contributed by atoms with Crippen molar-refractivity contribution in [3.8, 4) is 0 Å². The van der Waals surface area contributed by atoms with Gasteiger partial charge in [0.05, 0.1) is 0 Å². The first-order chi connectivity index (χ1) is 11.5.